The quantitative estimate of drug-likeness (QED) is 0.151. The Bertz CT molecular complexity index is 1280. The van der Waals surface area contributed by atoms with Crippen molar-refractivity contribution in [2.45, 2.75) is 64.6 Å². The molecule has 2 aliphatic rings. The van der Waals surface area contributed by atoms with Gasteiger partial charge < -0.3 is 10.2 Å². The number of nitrogens with zero attached hydrogens (tertiary/aromatic N) is 4. The van der Waals surface area contributed by atoms with Gasteiger partial charge in [-0.3, -0.25) is 25.8 Å². The van der Waals surface area contributed by atoms with Crippen LogP contribution in [0.2, 0.25) is 5.02 Å². The summed E-state index contributed by atoms with van der Waals surface area (Å²) in [5.41, 5.74) is 2.05. The van der Waals surface area contributed by atoms with Crippen molar-refractivity contribution in [1.29, 1.82) is 0 Å². The Kier molecular flexibility index (Phi) is 8.80. The lowest BCUT2D eigenvalue weighted by atomic mass is 9.76. The summed E-state index contributed by atoms with van der Waals surface area (Å²) in [4.78, 5) is 33.9. The van der Waals surface area contributed by atoms with Gasteiger partial charge in [-0.1, -0.05) is 56.6 Å². The van der Waals surface area contributed by atoms with Crippen LogP contribution in [0.3, 0.4) is 0 Å². The van der Waals surface area contributed by atoms with Crippen molar-refractivity contribution < 1.29 is 15.0 Å². The van der Waals surface area contributed by atoms with Gasteiger partial charge in [0.1, 0.15) is 17.9 Å². The number of amides is 2. The van der Waals surface area contributed by atoms with Crippen LogP contribution in [0.5, 0.6) is 0 Å². The minimum Gasteiger partial charge on any atom is -0.340 e. The molecule has 1 spiro atoms. The molecule has 9 nitrogen and oxygen atoms in total. The molecule has 1 fully saturated rings. The molecule has 10 heteroatoms. The second kappa shape index (κ2) is 12.1. The van der Waals surface area contributed by atoms with E-state index in [1.54, 1.807) is 18.2 Å². The number of rotatable bonds is 8. The number of carbonyl (C=O) groups is 2. The number of halogens is 1. The Hall–Kier alpha value is -3.59. The Morgan fingerprint density at radius 3 is 2.51 bits per heavy atom. The molecule has 2 aromatic carbocycles. The summed E-state index contributed by atoms with van der Waals surface area (Å²) >= 11 is 6.28. The third kappa shape index (κ3) is 6.03. The van der Waals surface area contributed by atoms with E-state index in [4.69, 9.17) is 27.8 Å². The molecule has 2 aromatic rings. The van der Waals surface area contributed by atoms with Gasteiger partial charge in [0.2, 0.25) is 0 Å². The number of amidine groups is 1. The van der Waals surface area contributed by atoms with Gasteiger partial charge in [0.25, 0.3) is 11.8 Å². The fraction of sp³-hybridized carbons (Fsp3) is 0.448. The second-order valence-electron chi connectivity index (χ2n) is 10.6. The van der Waals surface area contributed by atoms with Gasteiger partial charge in [0.15, 0.2) is 0 Å². The summed E-state index contributed by atoms with van der Waals surface area (Å²) < 4.78 is 0. The minimum absolute atomic E-state index is 0.0324. The van der Waals surface area contributed by atoms with E-state index in [9.17, 15) is 9.59 Å². The van der Waals surface area contributed by atoms with Gasteiger partial charge in [-0.25, -0.2) is 0 Å². The van der Waals surface area contributed by atoms with E-state index in [-0.39, 0.29) is 30.2 Å². The highest BCUT2D eigenvalue weighted by molar-refractivity contribution is 6.47. The van der Waals surface area contributed by atoms with E-state index >= 15 is 0 Å². The standard InChI is InChI=1S/C29H36ClN7O2/c1-4-24(20-8-10-21(11-9-20)27(38)33-17-25(31)35-36-32)37-28(39)26(22-6-5-7-23(30)16-22)34-29(37)14-12-19(13-15-29)18(2)3/h5-11,16,18-19,24H,4,12-15,17H2,1-3H3,(H,33,38)(H3,31,32,35)/p+1. The molecule has 1 heterocycles. The summed E-state index contributed by atoms with van der Waals surface area (Å²) in [5, 5.41) is 15.5. The van der Waals surface area contributed by atoms with E-state index in [0.717, 1.165) is 36.8 Å². The molecule has 1 aliphatic carbocycles. The molecule has 0 bridgehead atoms. The fourth-order valence-corrected chi connectivity index (χ4v) is 5.99. The van der Waals surface area contributed by atoms with E-state index < -0.39 is 5.66 Å². The predicted molar refractivity (Wildman–Crippen MR) is 152 cm³/mol. The number of benzene rings is 2. The number of aliphatic imine (C=N–C) groups is 1. The second-order valence-corrected chi connectivity index (χ2v) is 11.1. The Morgan fingerprint density at radius 2 is 1.92 bits per heavy atom. The molecule has 1 aliphatic heterocycles. The third-order valence-electron chi connectivity index (χ3n) is 7.93. The van der Waals surface area contributed by atoms with Gasteiger partial charge in [-0.05, 0) is 73.8 Å². The molecule has 1 saturated carbocycles. The molecule has 39 heavy (non-hydrogen) atoms. The molecule has 2 amide bonds. The van der Waals surface area contributed by atoms with Crippen molar-refractivity contribution >= 4 is 35.0 Å². The van der Waals surface area contributed by atoms with Crippen LogP contribution >= 0.6 is 11.6 Å². The van der Waals surface area contributed by atoms with Crippen LogP contribution in [0.25, 0.3) is 0 Å². The molecular formula is C29H37ClN7O2+. The molecule has 0 saturated heterocycles. The van der Waals surface area contributed by atoms with Gasteiger partial charge in [0.05, 0.1) is 11.2 Å². The van der Waals surface area contributed by atoms with Crippen molar-refractivity contribution in [2.75, 3.05) is 6.54 Å². The number of hydrogen-bond acceptors (Lipinski definition) is 4. The molecule has 0 radical (unpaired) electrons. The summed E-state index contributed by atoms with van der Waals surface area (Å²) in [6, 6.07) is 14.5. The van der Waals surface area contributed by atoms with E-state index in [2.05, 4.69) is 36.4 Å². The molecule has 206 valence electrons. The van der Waals surface area contributed by atoms with Gasteiger partial charge in [0, 0.05) is 21.4 Å². The average molecular weight is 551 g/mol. The molecule has 1 atom stereocenters. The predicted octanol–water partition coefficient (Wildman–Crippen LogP) is 3.88. The molecule has 1 unspecified atom stereocenters. The van der Waals surface area contributed by atoms with Crippen molar-refractivity contribution in [3.63, 3.8) is 0 Å². The topological polar surface area (TPSA) is 138 Å². The largest absolute Gasteiger partial charge is 0.340 e. The lowest BCUT2D eigenvalue weighted by Crippen LogP contribution is -2.51. The van der Waals surface area contributed by atoms with Gasteiger partial charge in [-0.2, -0.15) is 0 Å². The van der Waals surface area contributed by atoms with Crippen LogP contribution in [0.15, 0.2) is 63.9 Å². The third-order valence-corrected chi connectivity index (χ3v) is 8.17. The number of hydrogen-bond donors (Lipinski definition) is 3. The van der Waals surface area contributed by atoms with Gasteiger partial charge >= 0.3 is 5.84 Å². The first-order valence-electron chi connectivity index (χ1n) is 13.5. The summed E-state index contributed by atoms with van der Waals surface area (Å²) in [5.74, 6) is 5.94. The van der Waals surface area contributed by atoms with Crippen molar-refractivity contribution in [1.82, 2.24) is 10.2 Å². The first-order chi connectivity index (χ1) is 18.7. The number of nitrogens with one attached hydrogen (secondary N) is 1. The zero-order valence-corrected chi connectivity index (χ0v) is 23.5. The van der Waals surface area contributed by atoms with Crippen molar-refractivity contribution in [3.05, 3.63) is 70.2 Å². The summed E-state index contributed by atoms with van der Waals surface area (Å²) in [6.45, 7) is 6.64. The summed E-state index contributed by atoms with van der Waals surface area (Å²) in [6.07, 6.45) is 4.39. The highest BCUT2D eigenvalue weighted by atomic mass is 35.5. The van der Waals surface area contributed by atoms with Crippen LogP contribution in [-0.4, -0.2) is 40.5 Å². The first-order valence-corrected chi connectivity index (χ1v) is 13.9. The zero-order chi connectivity index (χ0) is 28.2. The van der Waals surface area contributed by atoms with E-state index in [1.807, 2.05) is 35.2 Å². The highest BCUT2D eigenvalue weighted by Crippen LogP contribution is 2.47. The molecule has 4 rings (SSSR count). The highest BCUT2D eigenvalue weighted by Gasteiger charge is 2.51. The maximum absolute atomic E-state index is 14.1. The van der Waals surface area contributed by atoms with Crippen LogP contribution in [0.4, 0.5) is 0 Å². The zero-order valence-electron chi connectivity index (χ0n) is 22.7. The van der Waals surface area contributed by atoms with Crippen LogP contribution in [0, 0.1) is 11.8 Å². The molecule has 5 N–H and O–H groups in total. The molecular weight excluding hydrogens is 514 g/mol. The van der Waals surface area contributed by atoms with Crippen molar-refractivity contribution in [2.24, 2.45) is 33.0 Å². The lowest BCUT2D eigenvalue weighted by molar-refractivity contribution is -0.133. The monoisotopic (exact) mass is 550 g/mol. The van der Waals surface area contributed by atoms with Gasteiger partial charge in [-0.15, -0.1) is 0 Å². The van der Waals surface area contributed by atoms with Crippen LogP contribution in [0.1, 0.15) is 80.4 Å². The smallest absolute Gasteiger partial charge is 0.338 e. The first kappa shape index (κ1) is 28.4. The maximum Gasteiger partial charge on any atom is 0.338 e. The Labute approximate surface area is 234 Å². The number of carbonyl (C=O) groups excluding carboxylic acids is 2. The fourth-order valence-electron chi connectivity index (χ4n) is 5.80. The van der Waals surface area contributed by atoms with Crippen molar-refractivity contribution in [3.8, 4) is 0 Å². The average Bonchev–Trinajstić information content (AvgIpc) is 3.20. The summed E-state index contributed by atoms with van der Waals surface area (Å²) in [7, 11) is 0. The Morgan fingerprint density at radius 1 is 1.23 bits per heavy atom. The number of nitrogens with two attached hydrogens (primary N) is 2. The Balaban J connectivity index is 1.63. The lowest BCUT2D eigenvalue weighted by Gasteiger charge is -2.46. The normalized spacial score (nSPS) is 22.0. The molecule has 0 aromatic heterocycles. The van der Waals surface area contributed by atoms with E-state index in [0.29, 0.717) is 34.6 Å². The van der Waals surface area contributed by atoms with Crippen LogP contribution < -0.4 is 16.6 Å². The maximum atomic E-state index is 14.1. The van der Waals surface area contributed by atoms with Crippen LogP contribution in [-0.2, 0) is 4.79 Å². The SMILES string of the molecule is CCC(c1ccc(C(=O)NCC(=[NH2+])N=NN)cc1)N1C(=O)C(c2cccc(Cl)c2)=NC12CCC(C(C)C)CC2. The minimum atomic E-state index is -0.595. The van der Waals surface area contributed by atoms with E-state index in [1.165, 1.54) is 0 Å².